The fraction of sp³-hybridized carbons (Fsp3) is 0.938. The molecule has 2 saturated carbocycles. The topological polar surface area (TPSA) is 23.6 Å². The number of carbonyl (C=O) groups excluding carboxylic acids is 1. The Labute approximate surface area is 117 Å². The largest absolute Gasteiger partial charge is 0.338 e. The van der Waals surface area contributed by atoms with Crippen LogP contribution in [0.15, 0.2) is 0 Å². The number of hydrogen-bond donors (Lipinski definition) is 0. The molecule has 3 aliphatic rings. The number of amides is 1. The van der Waals surface area contributed by atoms with Gasteiger partial charge in [-0.15, -0.1) is 0 Å². The molecule has 3 nitrogen and oxygen atoms in total. The van der Waals surface area contributed by atoms with Gasteiger partial charge in [0.05, 0.1) is 0 Å². The lowest BCUT2D eigenvalue weighted by atomic mass is 10.0. The van der Waals surface area contributed by atoms with Crippen molar-refractivity contribution in [3.8, 4) is 0 Å². The highest BCUT2D eigenvalue weighted by molar-refractivity contribution is 5.82. The number of likely N-dealkylation sites (N-methyl/N-ethyl adjacent to an activating group) is 1. The van der Waals surface area contributed by atoms with Crippen molar-refractivity contribution in [1.29, 1.82) is 0 Å². The highest BCUT2D eigenvalue weighted by Gasteiger charge is 2.56. The summed E-state index contributed by atoms with van der Waals surface area (Å²) in [4.78, 5) is 17.3. The zero-order chi connectivity index (χ0) is 13.4. The molecule has 0 aromatic heterocycles. The Kier molecular flexibility index (Phi) is 3.84. The van der Waals surface area contributed by atoms with Gasteiger partial charge in [-0.1, -0.05) is 12.8 Å². The van der Waals surface area contributed by atoms with Crippen LogP contribution in [0.25, 0.3) is 0 Å². The maximum atomic E-state index is 12.8. The molecule has 0 radical (unpaired) electrons. The fourth-order valence-corrected chi connectivity index (χ4v) is 4.45. The van der Waals surface area contributed by atoms with Gasteiger partial charge in [-0.2, -0.15) is 0 Å². The molecule has 3 heteroatoms. The Morgan fingerprint density at radius 2 is 1.68 bits per heavy atom. The Hall–Kier alpha value is -0.570. The number of carbonyl (C=O) groups is 1. The Morgan fingerprint density at radius 1 is 1.05 bits per heavy atom. The summed E-state index contributed by atoms with van der Waals surface area (Å²) >= 11 is 0. The van der Waals surface area contributed by atoms with Crippen LogP contribution < -0.4 is 0 Å². The number of likely N-dealkylation sites (tertiary alicyclic amines) is 1. The summed E-state index contributed by atoms with van der Waals surface area (Å²) in [5.41, 5.74) is 0. The smallest absolute Gasteiger partial charge is 0.226 e. The van der Waals surface area contributed by atoms with Crippen LogP contribution >= 0.6 is 0 Å². The van der Waals surface area contributed by atoms with E-state index in [4.69, 9.17) is 0 Å². The number of hydrogen-bond acceptors (Lipinski definition) is 2. The molecule has 0 N–H and O–H groups in total. The first-order valence-electron chi connectivity index (χ1n) is 8.13. The van der Waals surface area contributed by atoms with Crippen LogP contribution in [-0.2, 0) is 4.79 Å². The fourth-order valence-electron chi connectivity index (χ4n) is 4.45. The van der Waals surface area contributed by atoms with Crippen LogP contribution in [0.5, 0.6) is 0 Å². The van der Waals surface area contributed by atoms with Gasteiger partial charge in [-0.25, -0.2) is 0 Å². The van der Waals surface area contributed by atoms with Crippen molar-refractivity contribution < 1.29 is 4.79 Å². The van der Waals surface area contributed by atoms with Crippen LogP contribution in [0, 0.1) is 17.8 Å². The van der Waals surface area contributed by atoms with Gasteiger partial charge in [-0.05, 0) is 58.0 Å². The van der Waals surface area contributed by atoms with Gasteiger partial charge in [0.15, 0.2) is 0 Å². The predicted molar refractivity (Wildman–Crippen MR) is 76.8 cm³/mol. The second kappa shape index (κ2) is 5.43. The molecule has 1 saturated heterocycles. The molecule has 3 fully saturated rings. The summed E-state index contributed by atoms with van der Waals surface area (Å²) in [7, 11) is 4.24. The van der Waals surface area contributed by atoms with Crippen molar-refractivity contribution in [3.05, 3.63) is 0 Å². The average molecular weight is 264 g/mol. The molecule has 0 aromatic rings. The van der Waals surface area contributed by atoms with Crippen LogP contribution in [0.1, 0.15) is 44.9 Å². The minimum Gasteiger partial charge on any atom is -0.338 e. The van der Waals surface area contributed by atoms with E-state index in [0.29, 0.717) is 17.9 Å². The summed E-state index contributed by atoms with van der Waals surface area (Å²) < 4.78 is 0. The maximum absolute atomic E-state index is 12.8. The molecule has 0 bridgehead atoms. The lowest BCUT2D eigenvalue weighted by molar-refractivity contribution is -0.137. The van der Waals surface area contributed by atoms with Gasteiger partial charge in [-0.3, -0.25) is 4.79 Å². The summed E-state index contributed by atoms with van der Waals surface area (Å²) in [6, 6.07) is 0.471. The quantitative estimate of drug-likeness (QED) is 0.781. The number of piperidine rings is 1. The summed E-state index contributed by atoms with van der Waals surface area (Å²) in [6.07, 6.45) is 9.03. The average Bonchev–Trinajstić information content (AvgIpc) is 3.12. The van der Waals surface area contributed by atoms with Crippen molar-refractivity contribution in [2.45, 2.75) is 51.0 Å². The minimum absolute atomic E-state index is 0.408. The number of fused-ring (bicyclic) bond motifs is 1. The molecule has 1 amide bonds. The summed E-state index contributed by atoms with van der Waals surface area (Å²) in [6.45, 7) is 2.04. The monoisotopic (exact) mass is 264 g/mol. The van der Waals surface area contributed by atoms with Crippen LogP contribution in [0.3, 0.4) is 0 Å². The van der Waals surface area contributed by atoms with E-state index in [-0.39, 0.29) is 0 Å². The predicted octanol–water partition coefficient (Wildman–Crippen LogP) is 2.37. The van der Waals surface area contributed by atoms with Crippen molar-refractivity contribution in [3.63, 3.8) is 0 Å². The molecule has 3 rings (SSSR count). The number of rotatable bonds is 3. The van der Waals surface area contributed by atoms with Gasteiger partial charge in [0.2, 0.25) is 5.91 Å². The van der Waals surface area contributed by atoms with Crippen LogP contribution in [0.4, 0.5) is 0 Å². The molecule has 1 heterocycles. The van der Waals surface area contributed by atoms with E-state index >= 15 is 0 Å². The van der Waals surface area contributed by atoms with Crippen LogP contribution in [-0.4, -0.2) is 48.9 Å². The highest BCUT2D eigenvalue weighted by Crippen LogP contribution is 2.56. The van der Waals surface area contributed by atoms with Crippen LogP contribution in [0.2, 0.25) is 0 Å². The minimum atomic E-state index is 0.408. The van der Waals surface area contributed by atoms with E-state index in [1.165, 1.54) is 44.9 Å². The summed E-state index contributed by atoms with van der Waals surface area (Å²) in [5, 5.41) is 0. The molecule has 0 aromatic carbocycles. The molecule has 3 atom stereocenters. The zero-order valence-corrected chi connectivity index (χ0v) is 12.5. The molecule has 1 aliphatic heterocycles. The first-order valence-corrected chi connectivity index (χ1v) is 8.13. The van der Waals surface area contributed by atoms with Crippen molar-refractivity contribution in [2.24, 2.45) is 17.8 Å². The SMILES string of the molecule is CN(C)C[C@@H]1CCCCN1C(=O)C1[C@H]2CCCC[C@H]12. The first-order chi connectivity index (χ1) is 9.18. The standard InChI is InChI=1S/C16H28N2O/c1-17(2)11-12-7-5-6-10-18(12)16(19)15-13-8-3-4-9-14(13)15/h12-15H,3-11H2,1-2H3/t12-,13-,14-/m0/s1. The second-order valence-electron chi connectivity index (χ2n) is 7.08. The van der Waals surface area contributed by atoms with Crippen molar-refractivity contribution in [1.82, 2.24) is 9.80 Å². The molecular weight excluding hydrogens is 236 g/mol. The molecule has 2 aliphatic carbocycles. The van der Waals surface area contributed by atoms with Gasteiger partial charge >= 0.3 is 0 Å². The number of nitrogens with zero attached hydrogens (tertiary/aromatic N) is 2. The summed E-state index contributed by atoms with van der Waals surface area (Å²) in [5.74, 6) is 2.42. The van der Waals surface area contributed by atoms with E-state index in [1.807, 2.05) is 0 Å². The Balaban J connectivity index is 1.64. The lowest BCUT2D eigenvalue weighted by Crippen LogP contribution is -2.49. The van der Waals surface area contributed by atoms with Crippen molar-refractivity contribution >= 4 is 5.91 Å². The highest BCUT2D eigenvalue weighted by atomic mass is 16.2. The Bertz CT molecular complexity index is 330. The first kappa shape index (κ1) is 13.4. The molecular formula is C16H28N2O. The van der Waals surface area contributed by atoms with Gasteiger partial charge < -0.3 is 9.80 Å². The van der Waals surface area contributed by atoms with Crippen molar-refractivity contribution in [2.75, 3.05) is 27.2 Å². The lowest BCUT2D eigenvalue weighted by Gasteiger charge is -2.37. The van der Waals surface area contributed by atoms with E-state index in [1.54, 1.807) is 0 Å². The van der Waals surface area contributed by atoms with Gasteiger partial charge in [0.1, 0.15) is 0 Å². The van der Waals surface area contributed by atoms with Gasteiger partial charge in [0, 0.05) is 25.0 Å². The maximum Gasteiger partial charge on any atom is 0.226 e. The van der Waals surface area contributed by atoms with E-state index < -0.39 is 0 Å². The Morgan fingerprint density at radius 3 is 2.32 bits per heavy atom. The van der Waals surface area contributed by atoms with E-state index in [2.05, 4.69) is 23.9 Å². The third kappa shape index (κ3) is 2.67. The zero-order valence-electron chi connectivity index (χ0n) is 12.5. The normalized spacial score (nSPS) is 38.2. The van der Waals surface area contributed by atoms with Gasteiger partial charge in [0.25, 0.3) is 0 Å². The van der Waals surface area contributed by atoms with E-state index in [9.17, 15) is 4.79 Å². The van der Waals surface area contributed by atoms with E-state index in [0.717, 1.165) is 24.9 Å². The molecule has 108 valence electrons. The molecule has 0 spiro atoms. The molecule has 0 unspecified atom stereocenters. The molecule has 19 heavy (non-hydrogen) atoms. The third-order valence-electron chi connectivity index (χ3n) is 5.43. The second-order valence-corrected chi connectivity index (χ2v) is 7.08. The third-order valence-corrected chi connectivity index (χ3v) is 5.43.